The van der Waals surface area contributed by atoms with Gasteiger partial charge in [0, 0.05) is 32.7 Å². The Morgan fingerprint density at radius 1 is 1.27 bits per heavy atom. The van der Waals surface area contributed by atoms with Gasteiger partial charge in [-0.25, -0.2) is 13.2 Å². The molecule has 30 heavy (non-hydrogen) atoms. The first-order valence-electron chi connectivity index (χ1n) is 8.68. The summed E-state index contributed by atoms with van der Waals surface area (Å²) in [5, 5.41) is 11.6. The van der Waals surface area contributed by atoms with Crippen molar-refractivity contribution in [3.05, 3.63) is 45.1 Å². The van der Waals surface area contributed by atoms with Crippen LogP contribution in [0.1, 0.15) is 27.0 Å². The molecule has 1 saturated heterocycles. The highest BCUT2D eigenvalue weighted by Gasteiger charge is 2.39. The fraction of sp³-hybridized carbons (Fsp3) is 0.278. The lowest BCUT2D eigenvalue weighted by Crippen LogP contribution is -2.60. The van der Waals surface area contributed by atoms with Crippen LogP contribution in [-0.2, 0) is 14.8 Å². The highest BCUT2D eigenvalue weighted by molar-refractivity contribution is 7.89. The maximum absolute atomic E-state index is 13.1. The monoisotopic (exact) mass is 471 g/mol. The van der Waals surface area contributed by atoms with Crippen LogP contribution >= 0.6 is 22.9 Å². The van der Waals surface area contributed by atoms with Crippen molar-refractivity contribution in [1.82, 2.24) is 9.21 Å². The zero-order valence-corrected chi connectivity index (χ0v) is 18.3. The number of carbonyl (C=O) groups is 3. The van der Waals surface area contributed by atoms with Gasteiger partial charge in [0.2, 0.25) is 15.9 Å². The second-order valence-corrected chi connectivity index (χ2v) is 10.3. The molecule has 160 valence electrons. The molecule has 2 amide bonds. The molecule has 12 heteroatoms. The van der Waals surface area contributed by atoms with E-state index in [9.17, 15) is 22.8 Å². The third-order valence-electron chi connectivity index (χ3n) is 4.72. The van der Waals surface area contributed by atoms with Crippen LogP contribution in [0.25, 0.3) is 0 Å². The normalized spacial score (nSPS) is 14.5. The minimum absolute atomic E-state index is 0.0235. The number of carbonyl (C=O) groups excluding carboxylic acids is 2. The largest absolute Gasteiger partial charge is 0.478 e. The van der Waals surface area contributed by atoms with E-state index >= 15 is 0 Å². The molecule has 1 fully saturated rings. The van der Waals surface area contributed by atoms with Gasteiger partial charge in [0.05, 0.1) is 15.9 Å². The Hall–Kier alpha value is -2.47. The van der Waals surface area contributed by atoms with E-state index in [4.69, 9.17) is 16.7 Å². The molecule has 2 heterocycles. The number of amides is 2. The summed E-state index contributed by atoms with van der Waals surface area (Å²) in [4.78, 5) is 36.4. The summed E-state index contributed by atoms with van der Waals surface area (Å²) in [7, 11) is -2.66. The number of sulfonamides is 1. The van der Waals surface area contributed by atoms with Crippen molar-refractivity contribution >= 4 is 56.4 Å². The number of likely N-dealkylation sites (N-methyl/N-ethyl adjacent to an activating group) is 1. The second kappa shape index (κ2) is 8.34. The number of halogens is 1. The molecular formula is C18H18ClN3O6S2. The number of likely N-dealkylation sites (tertiary alicyclic amines) is 1. The minimum atomic E-state index is -4.05. The average Bonchev–Trinajstić information content (AvgIpc) is 3.03. The van der Waals surface area contributed by atoms with Crippen LogP contribution in [0.4, 0.5) is 5.69 Å². The van der Waals surface area contributed by atoms with Crippen LogP contribution < -0.4 is 5.32 Å². The van der Waals surface area contributed by atoms with Gasteiger partial charge < -0.3 is 15.3 Å². The number of nitrogens with zero attached hydrogens (tertiary/aromatic N) is 2. The smallest absolute Gasteiger partial charge is 0.335 e. The number of carboxylic acids is 1. The predicted octanol–water partition coefficient (Wildman–Crippen LogP) is 2.20. The maximum Gasteiger partial charge on any atom is 0.335 e. The van der Waals surface area contributed by atoms with Crippen molar-refractivity contribution in [3.63, 3.8) is 0 Å². The number of aromatic carboxylic acids is 1. The zero-order valence-electron chi connectivity index (χ0n) is 16.0. The Balaban J connectivity index is 1.85. The zero-order chi connectivity index (χ0) is 22.2. The molecule has 2 aromatic rings. The third-order valence-corrected chi connectivity index (χ3v) is 8.05. The number of hydrogen-bond donors (Lipinski definition) is 2. The topological polar surface area (TPSA) is 124 Å². The first-order chi connectivity index (χ1) is 14.0. The lowest BCUT2D eigenvalue weighted by Gasteiger charge is -2.42. The molecular weight excluding hydrogens is 454 g/mol. The Morgan fingerprint density at radius 2 is 1.93 bits per heavy atom. The summed E-state index contributed by atoms with van der Waals surface area (Å²) in [6.07, 6.45) is 0. The minimum Gasteiger partial charge on any atom is -0.478 e. The van der Waals surface area contributed by atoms with Crippen LogP contribution in [0.3, 0.4) is 0 Å². The van der Waals surface area contributed by atoms with Crippen LogP contribution in [0.15, 0.2) is 35.2 Å². The molecule has 0 radical (unpaired) electrons. The maximum atomic E-state index is 13.1. The second-order valence-electron chi connectivity index (χ2n) is 6.68. The Morgan fingerprint density at radius 3 is 2.53 bits per heavy atom. The Bertz CT molecular complexity index is 1120. The molecule has 3 rings (SSSR count). The molecule has 0 atom stereocenters. The van der Waals surface area contributed by atoms with Gasteiger partial charge >= 0.3 is 5.97 Å². The fourth-order valence-electron chi connectivity index (χ4n) is 2.91. The Kier molecular flexibility index (Phi) is 6.18. The standard InChI is InChI=1S/C18H18ClN3O6S2/c1-10(23)22-8-13(9-22)21(2)30(27,28)14-7-15(19)29-16(14)17(24)20-12-5-3-4-11(6-12)18(25)26/h3-7,13H,8-9H2,1-2H3,(H,20,24)(H,25,26). The van der Waals surface area contributed by atoms with Crippen molar-refractivity contribution < 1.29 is 27.9 Å². The van der Waals surface area contributed by atoms with Gasteiger partial charge in [0.25, 0.3) is 5.91 Å². The van der Waals surface area contributed by atoms with E-state index in [0.29, 0.717) is 0 Å². The van der Waals surface area contributed by atoms with Crippen molar-refractivity contribution in [1.29, 1.82) is 0 Å². The summed E-state index contributed by atoms with van der Waals surface area (Å²) in [5.41, 5.74) is 0.182. The van der Waals surface area contributed by atoms with Gasteiger partial charge in [-0.2, -0.15) is 4.31 Å². The molecule has 1 aromatic heterocycles. The van der Waals surface area contributed by atoms with E-state index in [1.165, 1.54) is 49.2 Å². The third kappa shape index (κ3) is 4.33. The van der Waals surface area contributed by atoms with Gasteiger partial charge in [-0.05, 0) is 24.3 Å². The van der Waals surface area contributed by atoms with Crippen molar-refractivity contribution in [3.8, 4) is 0 Å². The van der Waals surface area contributed by atoms with E-state index < -0.39 is 27.9 Å². The molecule has 1 aromatic carbocycles. The van der Waals surface area contributed by atoms with E-state index in [-0.39, 0.29) is 44.4 Å². The summed E-state index contributed by atoms with van der Waals surface area (Å²) >= 11 is 6.81. The van der Waals surface area contributed by atoms with E-state index in [2.05, 4.69) is 5.32 Å². The molecule has 2 N–H and O–H groups in total. The summed E-state index contributed by atoms with van der Waals surface area (Å²) in [6, 6.07) is 6.39. The number of rotatable bonds is 6. The molecule has 0 spiro atoms. The lowest BCUT2D eigenvalue weighted by molar-refractivity contribution is -0.134. The molecule has 9 nitrogen and oxygen atoms in total. The quantitative estimate of drug-likeness (QED) is 0.665. The molecule has 1 aliphatic rings. The van der Waals surface area contributed by atoms with E-state index in [1.807, 2.05) is 0 Å². The van der Waals surface area contributed by atoms with Crippen molar-refractivity contribution in [2.75, 3.05) is 25.5 Å². The van der Waals surface area contributed by atoms with Crippen molar-refractivity contribution in [2.24, 2.45) is 0 Å². The number of nitrogens with one attached hydrogen (secondary N) is 1. The number of thiophene rings is 1. The van der Waals surface area contributed by atoms with Crippen LogP contribution in [0.2, 0.25) is 4.34 Å². The SMILES string of the molecule is CC(=O)N1CC(N(C)S(=O)(=O)c2cc(Cl)sc2C(=O)Nc2cccc(C(=O)O)c2)C1. The summed E-state index contributed by atoms with van der Waals surface area (Å²) < 4.78 is 27.4. The molecule has 0 saturated carbocycles. The first kappa shape index (κ1) is 22.2. The fourth-order valence-corrected chi connectivity index (χ4v) is 5.93. The van der Waals surface area contributed by atoms with Gasteiger partial charge in [-0.3, -0.25) is 9.59 Å². The Labute approximate surface area is 181 Å². The van der Waals surface area contributed by atoms with Gasteiger partial charge in [0.1, 0.15) is 9.77 Å². The molecule has 1 aliphatic heterocycles. The summed E-state index contributed by atoms with van der Waals surface area (Å²) in [5.74, 6) is -2.02. The first-order valence-corrected chi connectivity index (χ1v) is 11.3. The average molecular weight is 472 g/mol. The van der Waals surface area contributed by atoms with Crippen LogP contribution in [0.5, 0.6) is 0 Å². The number of carboxylic acid groups (broad SMARTS) is 1. The van der Waals surface area contributed by atoms with Crippen molar-refractivity contribution in [2.45, 2.75) is 17.9 Å². The molecule has 0 bridgehead atoms. The highest BCUT2D eigenvalue weighted by Crippen LogP contribution is 2.34. The van der Waals surface area contributed by atoms with Crippen LogP contribution in [0, 0.1) is 0 Å². The van der Waals surface area contributed by atoms with Crippen LogP contribution in [-0.4, -0.2) is 66.7 Å². The lowest BCUT2D eigenvalue weighted by atomic mass is 10.1. The van der Waals surface area contributed by atoms with E-state index in [1.54, 1.807) is 0 Å². The molecule has 0 aliphatic carbocycles. The van der Waals surface area contributed by atoms with E-state index in [0.717, 1.165) is 15.6 Å². The van der Waals surface area contributed by atoms with Gasteiger partial charge in [-0.15, -0.1) is 11.3 Å². The predicted molar refractivity (Wildman–Crippen MR) is 112 cm³/mol. The number of anilines is 1. The number of hydrogen-bond acceptors (Lipinski definition) is 6. The summed E-state index contributed by atoms with van der Waals surface area (Å²) in [6.45, 7) is 1.95. The molecule has 0 unspecified atom stereocenters. The van der Waals surface area contributed by atoms with Gasteiger partial charge in [0.15, 0.2) is 0 Å². The number of benzene rings is 1. The van der Waals surface area contributed by atoms with Gasteiger partial charge in [-0.1, -0.05) is 17.7 Å². The highest BCUT2D eigenvalue weighted by atomic mass is 35.5.